The molecule has 2 nitrogen and oxygen atoms in total. The van der Waals surface area contributed by atoms with Gasteiger partial charge in [-0.05, 0) is 54.7 Å². The van der Waals surface area contributed by atoms with Gasteiger partial charge < -0.3 is 5.32 Å². The molecule has 0 saturated heterocycles. The number of hydrogen-bond donors (Lipinski definition) is 1. The topological polar surface area (TPSA) is 29.1 Å². The van der Waals surface area contributed by atoms with Gasteiger partial charge in [-0.25, -0.2) is 0 Å². The van der Waals surface area contributed by atoms with E-state index in [0.717, 1.165) is 17.4 Å². The van der Waals surface area contributed by atoms with E-state index in [1.54, 1.807) is 12.1 Å². The number of fused-ring (bicyclic) bond motifs is 2. The predicted molar refractivity (Wildman–Crippen MR) is 81.9 cm³/mol. The Kier molecular flexibility index (Phi) is 4.23. The van der Waals surface area contributed by atoms with Crippen molar-refractivity contribution in [2.75, 3.05) is 0 Å². The highest BCUT2D eigenvalue weighted by molar-refractivity contribution is 6.35. The fraction of sp³-hybridized carbons (Fsp3) is 0.562. The van der Waals surface area contributed by atoms with Crippen molar-refractivity contribution in [3.8, 4) is 0 Å². The molecule has 2 aliphatic rings. The van der Waals surface area contributed by atoms with E-state index in [-0.39, 0.29) is 5.91 Å². The van der Waals surface area contributed by atoms with Gasteiger partial charge >= 0.3 is 0 Å². The summed E-state index contributed by atoms with van der Waals surface area (Å²) in [6.07, 6.45) is 5.97. The average molecular weight is 312 g/mol. The summed E-state index contributed by atoms with van der Waals surface area (Å²) in [5.74, 6) is 2.44. The third-order valence-corrected chi connectivity index (χ3v) is 5.41. The smallest absolute Gasteiger partial charge is 0.220 e. The molecule has 20 heavy (non-hydrogen) atoms. The minimum atomic E-state index is 0.147. The summed E-state index contributed by atoms with van der Waals surface area (Å²) in [4.78, 5) is 12.0. The van der Waals surface area contributed by atoms with Gasteiger partial charge in [-0.2, -0.15) is 0 Å². The molecule has 1 N–H and O–H groups in total. The molecular weight excluding hydrogens is 293 g/mol. The average Bonchev–Trinajstić information content (AvgIpc) is 3.00. The van der Waals surface area contributed by atoms with Crippen molar-refractivity contribution in [1.82, 2.24) is 5.32 Å². The van der Waals surface area contributed by atoms with Crippen LogP contribution in [-0.4, -0.2) is 5.91 Å². The van der Waals surface area contributed by atoms with Crippen molar-refractivity contribution >= 4 is 29.1 Å². The van der Waals surface area contributed by atoms with Gasteiger partial charge in [0.25, 0.3) is 0 Å². The SMILES string of the molecule is O=C(C[C@H]1C[C@@H]2CC[C@H]1C2)NCc1ccc(Cl)cc1Cl. The van der Waals surface area contributed by atoms with Crippen LogP contribution < -0.4 is 5.32 Å². The van der Waals surface area contributed by atoms with Crippen molar-refractivity contribution in [1.29, 1.82) is 0 Å². The summed E-state index contributed by atoms with van der Waals surface area (Å²) in [7, 11) is 0. The number of carbonyl (C=O) groups excluding carboxylic acids is 1. The normalized spacial score (nSPS) is 27.8. The van der Waals surface area contributed by atoms with Crippen LogP contribution in [-0.2, 0) is 11.3 Å². The van der Waals surface area contributed by atoms with E-state index in [1.165, 1.54) is 25.7 Å². The van der Waals surface area contributed by atoms with Crippen LogP contribution in [0.15, 0.2) is 18.2 Å². The Labute approximate surface area is 129 Å². The van der Waals surface area contributed by atoms with Gasteiger partial charge in [0.15, 0.2) is 0 Å². The van der Waals surface area contributed by atoms with Gasteiger partial charge in [-0.15, -0.1) is 0 Å². The van der Waals surface area contributed by atoms with E-state index in [9.17, 15) is 4.79 Å². The van der Waals surface area contributed by atoms with Gasteiger partial charge in [0.1, 0.15) is 0 Å². The van der Waals surface area contributed by atoms with E-state index in [0.29, 0.717) is 28.9 Å². The maximum Gasteiger partial charge on any atom is 0.220 e. The zero-order chi connectivity index (χ0) is 14.1. The van der Waals surface area contributed by atoms with Crippen molar-refractivity contribution in [3.63, 3.8) is 0 Å². The van der Waals surface area contributed by atoms with Crippen LogP contribution in [0.4, 0.5) is 0 Å². The van der Waals surface area contributed by atoms with Gasteiger partial charge in [0.05, 0.1) is 0 Å². The van der Waals surface area contributed by atoms with Crippen molar-refractivity contribution in [3.05, 3.63) is 33.8 Å². The molecule has 2 bridgehead atoms. The summed E-state index contributed by atoms with van der Waals surface area (Å²) >= 11 is 12.0. The lowest BCUT2D eigenvalue weighted by molar-refractivity contribution is -0.122. The molecule has 1 aromatic rings. The summed E-state index contributed by atoms with van der Waals surface area (Å²) < 4.78 is 0. The van der Waals surface area contributed by atoms with Crippen molar-refractivity contribution in [2.24, 2.45) is 17.8 Å². The molecule has 2 aliphatic carbocycles. The van der Waals surface area contributed by atoms with E-state index in [2.05, 4.69) is 5.32 Å². The summed E-state index contributed by atoms with van der Waals surface area (Å²) in [6, 6.07) is 5.37. The highest BCUT2D eigenvalue weighted by Crippen LogP contribution is 2.49. The molecule has 0 heterocycles. The zero-order valence-electron chi connectivity index (χ0n) is 11.4. The fourth-order valence-electron chi connectivity index (χ4n) is 3.80. The highest BCUT2D eigenvalue weighted by Gasteiger charge is 2.39. The Balaban J connectivity index is 1.49. The van der Waals surface area contributed by atoms with Crippen LogP contribution >= 0.6 is 23.2 Å². The lowest BCUT2D eigenvalue weighted by Crippen LogP contribution is -2.27. The van der Waals surface area contributed by atoms with Crippen LogP contribution in [0.1, 0.15) is 37.7 Å². The third kappa shape index (κ3) is 3.12. The Morgan fingerprint density at radius 2 is 2.10 bits per heavy atom. The van der Waals surface area contributed by atoms with Crippen LogP contribution in [0.25, 0.3) is 0 Å². The molecule has 2 saturated carbocycles. The summed E-state index contributed by atoms with van der Waals surface area (Å²) in [6.45, 7) is 0.482. The molecule has 0 radical (unpaired) electrons. The summed E-state index contributed by atoms with van der Waals surface area (Å²) in [5.41, 5.74) is 0.914. The standard InChI is InChI=1S/C16H19Cl2NO/c17-14-4-3-12(15(18)8-14)9-19-16(20)7-13-6-10-1-2-11(13)5-10/h3-4,8,10-11,13H,1-2,5-7,9H2,(H,19,20)/t10-,11+,13-/m1/s1. The predicted octanol–water partition coefficient (Wildman–Crippen LogP) is 4.44. The molecule has 1 amide bonds. The fourth-order valence-corrected chi connectivity index (χ4v) is 4.27. The Morgan fingerprint density at radius 3 is 2.75 bits per heavy atom. The van der Waals surface area contributed by atoms with E-state index < -0.39 is 0 Å². The van der Waals surface area contributed by atoms with Crippen molar-refractivity contribution < 1.29 is 4.79 Å². The van der Waals surface area contributed by atoms with E-state index >= 15 is 0 Å². The maximum absolute atomic E-state index is 12.0. The number of halogens is 2. The minimum Gasteiger partial charge on any atom is -0.352 e. The van der Waals surface area contributed by atoms with Crippen molar-refractivity contribution in [2.45, 2.75) is 38.6 Å². The van der Waals surface area contributed by atoms with Gasteiger partial charge in [-0.3, -0.25) is 4.79 Å². The van der Waals surface area contributed by atoms with Crippen LogP contribution in [0, 0.1) is 17.8 Å². The third-order valence-electron chi connectivity index (χ3n) is 4.82. The first-order valence-corrected chi connectivity index (χ1v) is 8.08. The van der Waals surface area contributed by atoms with Crippen LogP contribution in [0.5, 0.6) is 0 Å². The van der Waals surface area contributed by atoms with E-state index in [1.807, 2.05) is 6.07 Å². The number of benzene rings is 1. The number of amides is 1. The molecule has 0 unspecified atom stereocenters. The van der Waals surface area contributed by atoms with Gasteiger partial charge in [0, 0.05) is 23.0 Å². The molecule has 3 rings (SSSR count). The molecular formula is C16H19Cl2NO. The molecule has 0 aromatic heterocycles. The number of nitrogens with one attached hydrogen (secondary N) is 1. The molecule has 0 aliphatic heterocycles. The zero-order valence-corrected chi connectivity index (χ0v) is 12.9. The molecule has 1 aromatic carbocycles. The molecule has 0 spiro atoms. The van der Waals surface area contributed by atoms with Crippen LogP contribution in [0.2, 0.25) is 10.0 Å². The minimum absolute atomic E-state index is 0.147. The molecule has 4 heteroatoms. The first kappa shape index (κ1) is 14.2. The molecule has 108 valence electrons. The first-order chi connectivity index (χ1) is 9.61. The number of rotatable bonds is 4. The number of hydrogen-bond acceptors (Lipinski definition) is 1. The quantitative estimate of drug-likeness (QED) is 0.875. The van der Waals surface area contributed by atoms with Gasteiger partial charge in [0.2, 0.25) is 5.91 Å². The monoisotopic (exact) mass is 311 g/mol. The molecule has 3 atom stereocenters. The summed E-state index contributed by atoms with van der Waals surface area (Å²) in [5, 5.41) is 4.21. The first-order valence-electron chi connectivity index (χ1n) is 7.32. The van der Waals surface area contributed by atoms with Crippen LogP contribution in [0.3, 0.4) is 0 Å². The second-order valence-corrected chi connectivity index (χ2v) is 7.00. The lowest BCUT2D eigenvalue weighted by atomic mass is 9.86. The Morgan fingerprint density at radius 1 is 1.25 bits per heavy atom. The highest BCUT2D eigenvalue weighted by atomic mass is 35.5. The second kappa shape index (κ2) is 5.95. The molecule has 2 fully saturated rings. The Bertz CT molecular complexity index is 517. The number of carbonyl (C=O) groups is 1. The largest absolute Gasteiger partial charge is 0.352 e. The second-order valence-electron chi connectivity index (χ2n) is 6.15. The van der Waals surface area contributed by atoms with Gasteiger partial charge in [-0.1, -0.05) is 35.7 Å². The Hall–Kier alpha value is -0.730. The van der Waals surface area contributed by atoms with E-state index in [4.69, 9.17) is 23.2 Å². The lowest BCUT2D eigenvalue weighted by Gasteiger charge is -2.21. The maximum atomic E-state index is 12.0.